The average molecular weight is 1170 g/mol. The first-order valence-electron chi connectivity index (χ1n) is 24.3. The number of aromatic nitrogens is 4. The molecule has 8 heteroatoms. The smallest absolute Gasteiger partial charge is 0 e. The number of para-hydroxylation sites is 2. The fourth-order valence-corrected chi connectivity index (χ4v) is 12.5. The van der Waals surface area contributed by atoms with E-state index in [4.69, 9.17) is 15.8 Å². The van der Waals surface area contributed by atoms with Gasteiger partial charge in [0, 0.05) is 42.2 Å². The molecule has 5 nitrogen and oxygen atoms in total. The van der Waals surface area contributed by atoms with Crippen molar-refractivity contribution in [3.05, 3.63) is 211 Å². The Morgan fingerprint density at radius 1 is 0.662 bits per heavy atom. The van der Waals surface area contributed by atoms with E-state index in [1.54, 1.807) is 12.1 Å². The molecule has 4 heterocycles. The Kier molecular flexibility index (Phi) is 13.6. The fraction of sp³-hybridized carbons (Fsp3) is 0.159. The summed E-state index contributed by atoms with van der Waals surface area (Å²) in [7, 11) is 0. The summed E-state index contributed by atoms with van der Waals surface area (Å²) in [5, 5.41) is 1.81. The molecule has 0 aliphatic heterocycles. The Morgan fingerprint density at radius 2 is 1.31 bits per heavy atom. The Bertz CT molecular complexity index is 3650. The van der Waals surface area contributed by atoms with Crippen molar-refractivity contribution in [1.82, 2.24) is 19.5 Å². The Morgan fingerprint density at radius 3 is 1.93 bits per heavy atom. The molecule has 0 spiro atoms. The second kappa shape index (κ2) is 20.2. The van der Waals surface area contributed by atoms with Crippen molar-refractivity contribution in [2.75, 3.05) is 0 Å². The van der Waals surface area contributed by atoms with E-state index in [-0.39, 0.29) is 31.3 Å². The molecule has 1 radical (unpaired) electrons. The number of pyridine rings is 2. The number of benzene rings is 7. The first kappa shape index (κ1) is 47.9. The number of furan rings is 1. The van der Waals surface area contributed by atoms with Gasteiger partial charge in [-0.15, -0.1) is 18.2 Å². The van der Waals surface area contributed by atoms with Crippen molar-refractivity contribution in [3.8, 4) is 61.8 Å². The molecule has 0 atom stereocenters. The summed E-state index contributed by atoms with van der Waals surface area (Å²) in [6.07, 6.45) is 2.00. The summed E-state index contributed by atoms with van der Waals surface area (Å²) < 4.78 is 32.4. The van der Waals surface area contributed by atoms with Gasteiger partial charge >= 0.3 is 120 Å². The molecule has 0 amide bonds. The van der Waals surface area contributed by atoms with Crippen LogP contribution < -0.4 is 4.40 Å². The minimum absolute atomic E-state index is 0. The minimum atomic E-state index is -2.03. The van der Waals surface area contributed by atoms with Crippen LogP contribution in [0.1, 0.15) is 53.0 Å². The zero-order chi connectivity index (χ0) is 49.7. The molecule has 4 aromatic heterocycles. The topological polar surface area (TPSA) is 56.7 Å². The quantitative estimate of drug-likeness (QED) is 0.112. The van der Waals surface area contributed by atoms with Crippen molar-refractivity contribution < 1.29 is 30.3 Å². The third kappa shape index (κ3) is 9.97. The largest absolute Gasteiger partial charge is 0 e. The van der Waals surface area contributed by atoms with Gasteiger partial charge in [0.2, 0.25) is 5.71 Å². The number of hydrogen-bond acceptors (Lipinski definition) is 4. The number of rotatable bonds is 8. The number of halogens is 1. The molecule has 11 rings (SSSR count). The zero-order valence-electron chi connectivity index (χ0n) is 42.2. The van der Waals surface area contributed by atoms with E-state index in [1.807, 2.05) is 74.6 Å². The molecule has 355 valence electrons. The van der Waals surface area contributed by atoms with Crippen LogP contribution in [0.25, 0.3) is 94.9 Å². The van der Waals surface area contributed by atoms with Crippen LogP contribution in [0.5, 0.6) is 0 Å². The van der Waals surface area contributed by atoms with Crippen molar-refractivity contribution in [2.45, 2.75) is 63.2 Å². The number of fused-ring (bicyclic) bond motifs is 4. The molecule has 7 aromatic carbocycles. The van der Waals surface area contributed by atoms with Crippen LogP contribution in [-0.4, -0.2) is 32.8 Å². The maximum absolute atomic E-state index is 13.7. The number of imidazole rings is 1. The SMILES string of the molecule is CC(C)(C)c1cc(-c2ccccc2)c(-n2c(-c3[c-]ccc4c3oc3nc(-c5ccc(F)cc5)ccc34)nc3ccccc32)c(-c2ccccc2)c1.[2H]C(C)(C)c1cc(-c2[c-]cccc2)nc[c]1[Ge]([CH3])([CH3])[CH3].[Ir]. The molecule has 0 aliphatic carbocycles. The second-order valence-electron chi connectivity index (χ2n) is 20.1. The molecule has 0 fully saturated rings. The van der Waals surface area contributed by atoms with Crippen LogP contribution >= 0.6 is 0 Å². The monoisotopic (exact) mass is 1170 g/mol. The molecule has 0 aliphatic rings. The minimum Gasteiger partial charge on any atom is 0 e. The maximum Gasteiger partial charge on any atom is 0 e. The summed E-state index contributed by atoms with van der Waals surface area (Å²) >= 11 is -2.03. The Balaban J connectivity index is 0.000000257. The van der Waals surface area contributed by atoms with E-state index in [2.05, 4.69) is 157 Å². The van der Waals surface area contributed by atoms with Crippen molar-refractivity contribution in [2.24, 2.45) is 0 Å². The van der Waals surface area contributed by atoms with Gasteiger partial charge in [0.15, 0.2) is 0 Å². The Hall–Kier alpha value is -6.77. The summed E-state index contributed by atoms with van der Waals surface area (Å²) in [6, 6.07) is 65.1. The van der Waals surface area contributed by atoms with E-state index >= 15 is 0 Å². The summed E-state index contributed by atoms with van der Waals surface area (Å²) in [5.41, 5.74) is 14.9. The molecule has 71 heavy (non-hydrogen) atoms. The van der Waals surface area contributed by atoms with Gasteiger partial charge in [-0.2, -0.15) is 0 Å². The summed E-state index contributed by atoms with van der Waals surface area (Å²) in [6.45, 7) is 10.7. The average Bonchev–Trinajstić information content (AvgIpc) is 3.95. The molecular weight excluding hydrogens is 1110 g/mol. The molecule has 0 saturated carbocycles. The Labute approximate surface area is 434 Å². The summed E-state index contributed by atoms with van der Waals surface area (Å²) in [5.74, 6) is 6.88. The van der Waals surface area contributed by atoms with Crippen molar-refractivity contribution >= 4 is 50.8 Å². The van der Waals surface area contributed by atoms with E-state index in [1.165, 1.54) is 22.1 Å². The fourth-order valence-electron chi connectivity index (χ4n) is 9.14. The van der Waals surface area contributed by atoms with Gasteiger partial charge in [-0.25, -0.2) is 9.37 Å². The number of hydrogen-bond donors (Lipinski definition) is 0. The normalized spacial score (nSPS) is 12.1. The molecule has 0 N–H and O–H groups in total. The summed E-state index contributed by atoms with van der Waals surface area (Å²) in [4.78, 5) is 14.8. The first-order valence-corrected chi connectivity index (χ1v) is 31.1. The van der Waals surface area contributed by atoms with E-state index < -0.39 is 19.2 Å². The first-order chi connectivity index (χ1) is 34.0. The van der Waals surface area contributed by atoms with Crippen LogP contribution in [0.4, 0.5) is 4.39 Å². The molecule has 11 aromatic rings. The van der Waals surface area contributed by atoms with Gasteiger partial charge in [-0.1, -0.05) is 105 Å². The maximum atomic E-state index is 13.7. The van der Waals surface area contributed by atoms with E-state index in [9.17, 15) is 4.39 Å². The molecular formula is C63H55FGeIrN4O-2. The standard InChI is InChI=1S/C46H33FN3O.C17H22GeN.Ir/c1-46(2,3)32-27-37(29-13-6-4-7-14-29)42(38(28-32)30-15-8-5-9-16-30)50-41-20-11-10-19-40(41)48-44(50)36-18-12-17-34-35-25-26-39(49-45(35)51-43(34)36)31-21-23-33(47)24-22-31;1-13(2)15-11-17(14-9-7-6-8-10-14)19-12-16(15)18(3,4)5;/h4-17,19-28H,1-3H3;6-9,11-13H,1-5H3;/q2*-1;/i;13D;. The van der Waals surface area contributed by atoms with Crippen LogP contribution in [0.2, 0.25) is 17.3 Å². The predicted molar refractivity (Wildman–Crippen MR) is 291 cm³/mol. The van der Waals surface area contributed by atoms with Gasteiger partial charge < -0.3 is 8.98 Å². The van der Waals surface area contributed by atoms with Gasteiger partial charge in [0.25, 0.3) is 0 Å². The van der Waals surface area contributed by atoms with Crippen LogP contribution in [0.3, 0.4) is 0 Å². The third-order valence-electron chi connectivity index (χ3n) is 12.8. The van der Waals surface area contributed by atoms with Crippen LogP contribution in [0, 0.1) is 17.9 Å². The van der Waals surface area contributed by atoms with Crippen molar-refractivity contribution in [1.29, 1.82) is 0 Å². The van der Waals surface area contributed by atoms with Gasteiger partial charge in [-0.05, 0) is 82.8 Å². The second-order valence-corrected chi connectivity index (χ2v) is 30.6. The van der Waals surface area contributed by atoms with Crippen LogP contribution in [-0.2, 0) is 25.5 Å². The molecule has 0 unspecified atom stereocenters. The molecule has 0 saturated heterocycles. The zero-order valence-corrected chi connectivity index (χ0v) is 45.7. The number of nitrogens with zero attached hydrogens (tertiary/aromatic N) is 4. The van der Waals surface area contributed by atoms with E-state index in [0.717, 1.165) is 83.5 Å². The molecule has 0 bridgehead atoms. The predicted octanol–water partition coefficient (Wildman–Crippen LogP) is 16.4. The van der Waals surface area contributed by atoms with Crippen molar-refractivity contribution in [3.63, 3.8) is 0 Å². The van der Waals surface area contributed by atoms with Crippen LogP contribution in [0.15, 0.2) is 187 Å². The van der Waals surface area contributed by atoms with E-state index in [0.29, 0.717) is 17.0 Å². The van der Waals surface area contributed by atoms with Gasteiger partial charge in [0.05, 0.1) is 33.8 Å². The van der Waals surface area contributed by atoms with Gasteiger partial charge in [0.1, 0.15) is 5.82 Å². The van der Waals surface area contributed by atoms with Gasteiger partial charge in [-0.3, -0.25) is 4.98 Å². The third-order valence-corrected chi connectivity index (χ3v) is 17.1.